The highest BCUT2D eigenvalue weighted by molar-refractivity contribution is 7.92. The minimum Gasteiger partial charge on any atom is -0.493 e. The van der Waals surface area contributed by atoms with E-state index in [2.05, 4.69) is 5.32 Å². The van der Waals surface area contributed by atoms with Crippen molar-refractivity contribution in [3.05, 3.63) is 82.1 Å². The van der Waals surface area contributed by atoms with Crippen molar-refractivity contribution < 1.29 is 31.9 Å². The second kappa shape index (κ2) is 14.5. The van der Waals surface area contributed by atoms with E-state index < -0.39 is 45.8 Å². The van der Waals surface area contributed by atoms with E-state index in [0.717, 1.165) is 16.4 Å². The maximum atomic E-state index is 14.2. The summed E-state index contributed by atoms with van der Waals surface area (Å²) in [4.78, 5) is 28.7. The second-order valence-corrected chi connectivity index (χ2v) is 13.6. The summed E-state index contributed by atoms with van der Waals surface area (Å²) in [5.74, 6) is -1.22. The van der Waals surface area contributed by atoms with E-state index in [-0.39, 0.29) is 34.3 Å². The number of nitrogens with zero attached hydrogens (tertiary/aromatic N) is 2. The molecular formula is C31H36Cl2FN3O6S. The van der Waals surface area contributed by atoms with Crippen LogP contribution < -0.4 is 19.1 Å². The van der Waals surface area contributed by atoms with E-state index in [9.17, 15) is 22.4 Å². The molecule has 0 bridgehead atoms. The fourth-order valence-electron chi connectivity index (χ4n) is 4.45. The molecule has 0 aromatic heterocycles. The number of rotatable bonds is 12. The van der Waals surface area contributed by atoms with Gasteiger partial charge in [-0.2, -0.15) is 0 Å². The number of anilines is 1. The Morgan fingerprint density at radius 1 is 0.932 bits per heavy atom. The van der Waals surface area contributed by atoms with E-state index in [4.69, 9.17) is 32.7 Å². The predicted octanol–water partition coefficient (Wildman–Crippen LogP) is 6.07. The Kier molecular flexibility index (Phi) is 11.5. The number of methoxy groups -OCH3 is 2. The first-order valence-corrected chi connectivity index (χ1v) is 15.9. The van der Waals surface area contributed by atoms with Gasteiger partial charge in [-0.15, -0.1) is 0 Å². The van der Waals surface area contributed by atoms with Gasteiger partial charge in [-0.1, -0.05) is 36.2 Å². The van der Waals surface area contributed by atoms with Crippen LogP contribution in [0, 0.1) is 5.82 Å². The smallest absolute Gasteiger partial charge is 0.264 e. The number of halogens is 3. The van der Waals surface area contributed by atoms with Crippen LogP contribution in [-0.4, -0.2) is 57.5 Å². The lowest BCUT2D eigenvalue weighted by Crippen LogP contribution is -2.55. The molecule has 0 aliphatic rings. The topological polar surface area (TPSA) is 105 Å². The molecule has 3 aromatic rings. The number of benzene rings is 3. The summed E-state index contributed by atoms with van der Waals surface area (Å²) in [6.45, 7) is 6.42. The van der Waals surface area contributed by atoms with Crippen LogP contribution in [0.4, 0.5) is 10.1 Å². The average molecular weight is 669 g/mol. The van der Waals surface area contributed by atoms with Gasteiger partial charge >= 0.3 is 0 Å². The van der Waals surface area contributed by atoms with Crippen LogP contribution in [0.5, 0.6) is 11.5 Å². The van der Waals surface area contributed by atoms with Crippen molar-refractivity contribution in [2.75, 3.05) is 25.1 Å². The molecule has 1 unspecified atom stereocenters. The second-order valence-electron chi connectivity index (χ2n) is 10.9. The van der Waals surface area contributed by atoms with Gasteiger partial charge < -0.3 is 19.7 Å². The predicted molar refractivity (Wildman–Crippen MR) is 169 cm³/mol. The number of carbonyl (C=O) groups is 2. The fourth-order valence-corrected chi connectivity index (χ4v) is 6.20. The van der Waals surface area contributed by atoms with Gasteiger partial charge in [0, 0.05) is 18.2 Å². The Morgan fingerprint density at radius 2 is 1.57 bits per heavy atom. The first-order valence-electron chi connectivity index (χ1n) is 13.7. The SMILES string of the molecule is CCC(C(=O)NC(C)(C)C)N(Cc1ccc(Cl)c(Cl)c1)C(=O)CN(c1ccc(F)cc1)S(=O)(=O)c1ccc(OC)c(OC)c1. The summed E-state index contributed by atoms with van der Waals surface area (Å²) in [6, 6.07) is 12.6. The maximum absolute atomic E-state index is 14.2. The van der Waals surface area contributed by atoms with Gasteiger partial charge in [-0.05, 0) is 81.3 Å². The summed E-state index contributed by atoms with van der Waals surface area (Å²) in [6.07, 6.45) is 0.230. The van der Waals surface area contributed by atoms with Crippen molar-refractivity contribution >= 4 is 50.7 Å². The Morgan fingerprint density at radius 3 is 2.11 bits per heavy atom. The van der Waals surface area contributed by atoms with Crippen molar-refractivity contribution in [3.8, 4) is 11.5 Å². The van der Waals surface area contributed by atoms with Gasteiger partial charge in [0.2, 0.25) is 11.8 Å². The highest BCUT2D eigenvalue weighted by Crippen LogP contribution is 2.33. The summed E-state index contributed by atoms with van der Waals surface area (Å²) in [7, 11) is -1.65. The number of ether oxygens (including phenoxy) is 2. The van der Waals surface area contributed by atoms with Crippen LogP contribution >= 0.6 is 23.2 Å². The molecule has 0 aliphatic heterocycles. The zero-order valence-electron chi connectivity index (χ0n) is 25.4. The lowest BCUT2D eigenvalue weighted by atomic mass is 10.1. The van der Waals surface area contributed by atoms with Crippen LogP contribution in [0.1, 0.15) is 39.7 Å². The third-order valence-corrected chi connectivity index (χ3v) is 9.07. The molecule has 13 heteroatoms. The molecule has 1 atom stereocenters. The van der Waals surface area contributed by atoms with Gasteiger partial charge in [0.1, 0.15) is 18.4 Å². The number of hydrogen-bond acceptors (Lipinski definition) is 6. The lowest BCUT2D eigenvalue weighted by molar-refractivity contribution is -0.141. The molecular weight excluding hydrogens is 632 g/mol. The average Bonchev–Trinajstić information content (AvgIpc) is 2.96. The van der Waals surface area contributed by atoms with Crippen LogP contribution in [0.25, 0.3) is 0 Å². The molecule has 3 rings (SSSR count). The zero-order valence-corrected chi connectivity index (χ0v) is 27.7. The lowest BCUT2D eigenvalue weighted by Gasteiger charge is -2.34. The third kappa shape index (κ3) is 8.55. The summed E-state index contributed by atoms with van der Waals surface area (Å²) >= 11 is 12.3. The van der Waals surface area contributed by atoms with Gasteiger partial charge in [-0.3, -0.25) is 13.9 Å². The highest BCUT2D eigenvalue weighted by Gasteiger charge is 2.35. The normalized spacial score (nSPS) is 12.3. The Hall–Kier alpha value is -3.54. The largest absolute Gasteiger partial charge is 0.493 e. The molecule has 0 spiro atoms. The minimum atomic E-state index is -4.43. The Bertz CT molecular complexity index is 1600. The molecule has 0 aliphatic carbocycles. The van der Waals surface area contributed by atoms with Crippen molar-refractivity contribution in [3.63, 3.8) is 0 Å². The summed E-state index contributed by atoms with van der Waals surface area (Å²) in [5.41, 5.74) is 0.0155. The highest BCUT2D eigenvalue weighted by atomic mass is 35.5. The molecule has 1 N–H and O–H groups in total. The maximum Gasteiger partial charge on any atom is 0.264 e. The Balaban J connectivity index is 2.12. The number of nitrogens with one attached hydrogen (secondary N) is 1. The molecule has 0 radical (unpaired) electrons. The standard InChI is InChI=1S/C31H36Cl2FN3O6S/c1-7-26(30(39)35-31(2,3)4)36(18-20-8-14-24(32)25(33)16-20)29(38)19-37(22-11-9-21(34)10-12-22)44(40,41)23-13-15-27(42-5)28(17-23)43-6/h8-17,26H,7,18-19H2,1-6H3,(H,35,39). The molecule has 0 heterocycles. The van der Waals surface area contributed by atoms with Crippen LogP contribution in [0.2, 0.25) is 10.0 Å². The van der Waals surface area contributed by atoms with Crippen molar-refractivity contribution in [2.45, 2.75) is 57.1 Å². The van der Waals surface area contributed by atoms with Crippen LogP contribution in [-0.2, 0) is 26.2 Å². The quantitative estimate of drug-likeness (QED) is 0.252. The first kappa shape index (κ1) is 34.9. The number of hydrogen-bond donors (Lipinski definition) is 1. The monoisotopic (exact) mass is 667 g/mol. The van der Waals surface area contributed by atoms with E-state index in [1.54, 1.807) is 25.1 Å². The Labute approximate surface area is 267 Å². The van der Waals surface area contributed by atoms with Crippen molar-refractivity contribution in [1.29, 1.82) is 0 Å². The molecule has 9 nitrogen and oxygen atoms in total. The van der Waals surface area contributed by atoms with E-state index in [1.165, 1.54) is 49.5 Å². The number of amides is 2. The molecule has 0 fully saturated rings. The fraction of sp³-hybridized carbons (Fsp3) is 0.355. The van der Waals surface area contributed by atoms with Gasteiger partial charge in [0.25, 0.3) is 10.0 Å². The van der Waals surface area contributed by atoms with E-state index in [1.807, 2.05) is 20.8 Å². The molecule has 0 saturated heterocycles. The first-order chi connectivity index (χ1) is 20.6. The van der Waals surface area contributed by atoms with Gasteiger partial charge in [0.15, 0.2) is 11.5 Å². The van der Waals surface area contributed by atoms with Gasteiger partial charge in [0.05, 0.1) is 34.8 Å². The molecule has 3 aromatic carbocycles. The number of sulfonamides is 1. The molecule has 44 heavy (non-hydrogen) atoms. The molecule has 2 amide bonds. The third-order valence-electron chi connectivity index (χ3n) is 6.56. The van der Waals surface area contributed by atoms with Crippen LogP contribution in [0.15, 0.2) is 65.6 Å². The molecule has 0 saturated carbocycles. The zero-order chi connectivity index (χ0) is 32.8. The number of carbonyl (C=O) groups excluding carboxylic acids is 2. The van der Waals surface area contributed by atoms with Crippen LogP contribution in [0.3, 0.4) is 0 Å². The summed E-state index contributed by atoms with van der Waals surface area (Å²) in [5, 5.41) is 3.47. The molecule has 238 valence electrons. The summed E-state index contributed by atoms with van der Waals surface area (Å²) < 4.78 is 53.5. The van der Waals surface area contributed by atoms with Gasteiger partial charge in [-0.25, -0.2) is 12.8 Å². The van der Waals surface area contributed by atoms with Crippen molar-refractivity contribution in [2.24, 2.45) is 0 Å². The van der Waals surface area contributed by atoms with Crippen molar-refractivity contribution in [1.82, 2.24) is 10.2 Å². The van der Waals surface area contributed by atoms with E-state index in [0.29, 0.717) is 16.3 Å². The van der Waals surface area contributed by atoms with E-state index >= 15 is 0 Å². The minimum absolute atomic E-state index is 0.0382.